The Bertz CT molecular complexity index is 1400. The monoisotopic (exact) mass is 571 g/mol. The van der Waals surface area contributed by atoms with Gasteiger partial charge in [-0.15, -0.1) is 0 Å². The predicted octanol–water partition coefficient (Wildman–Crippen LogP) is 4.68. The summed E-state index contributed by atoms with van der Waals surface area (Å²) in [5.74, 6) is -1.25. The number of carbonyl (C=O) groups is 2. The largest absolute Gasteiger partial charge is 0.481 e. The molecule has 5 rings (SSSR count). The highest BCUT2D eigenvalue weighted by Crippen LogP contribution is 2.35. The first-order chi connectivity index (χ1) is 19.7. The van der Waals surface area contributed by atoms with E-state index in [-0.39, 0.29) is 35.4 Å². The van der Waals surface area contributed by atoms with E-state index in [0.29, 0.717) is 43.1 Å². The zero-order valence-electron chi connectivity index (χ0n) is 22.1. The van der Waals surface area contributed by atoms with Crippen LogP contribution in [-0.4, -0.2) is 54.5 Å². The molecule has 8 nitrogen and oxygen atoms in total. The molecule has 2 aromatic carbocycles. The molecule has 2 fully saturated rings. The van der Waals surface area contributed by atoms with Crippen LogP contribution < -0.4 is 20.7 Å². The number of alkyl halides is 3. The molecule has 1 saturated carbocycles. The minimum atomic E-state index is -4.59. The highest BCUT2D eigenvalue weighted by Gasteiger charge is 2.34. The summed E-state index contributed by atoms with van der Waals surface area (Å²) >= 11 is 0. The first-order valence-electron chi connectivity index (χ1n) is 13.3. The van der Waals surface area contributed by atoms with Crippen LogP contribution in [-0.2, 0) is 22.3 Å². The normalized spacial score (nSPS) is 15.8. The molecule has 1 aliphatic heterocycles. The van der Waals surface area contributed by atoms with E-state index in [1.807, 2.05) is 4.90 Å². The fraction of sp³-hybridized carbons (Fsp3) is 0.345. The van der Waals surface area contributed by atoms with Crippen molar-refractivity contribution in [3.63, 3.8) is 0 Å². The maximum Gasteiger partial charge on any atom is 0.416 e. The molecule has 2 aliphatic rings. The lowest BCUT2D eigenvalue weighted by molar-refractivity contribution is -0.138. The van der Waals surface area contributed by atoms with Crippen molar-refractivity contribution in [3.8, 4) is 16.9 Å². The van der Waals surface area contributed by atoms with Crippen molar-refractivity contribution >= 4 is 23.3 Å². The van der Waals surface area contributed by atoms with E-state index in [0.717, 1.165) is 18.9 Å². The van der Waals surface area contributed by atoms with Crippen LogP contribution in [0, 0.1) is 11.7 Å². The van der Waals surface area contributed by atoms with Crippen molar-refractivity contribution in [2.75, 3.05) is 43.4 Å². The standard InChI is InChI=1S/C29H29F4N5O3/c30-24-13-19(20-5-8-26(35-15-20)37-28(40)18-1-2-18)4-7-25(24)41-17-27(39)36-22-6-3-21(23(14-22)29(31,32)33)16-38-11-9-34-10-12-38/h3-8,13-15,18,34H,1-2,9-12,16-17H2,(H,36,39)(H,35,37,40). The van der Waals surface area contributed by atoms with Gasteiger partial charge in [-0.3, -0.25) is 14.5 Å². The number of carbonyl (C=O) groups excluding carboxylic acids is 2. The van der Waals surface area contributed by atoms with Gasteiger partial charge in [0.2, 0.25) is 5.91 Å². The molecular formula is C29H29F4N5O3. The number of pyridine rings is 1. The predicted molar refractivity (Wildman–Crippen MR) is 145 cm³/mol. The van der Waals surface area contributed by atoms with Gasteiger partial charge in [0.15, 0.2) is 18.2 Å². The van der Waals surface area contributed by atoms with Crippen LogP contribution in [0.15, 0.2) is 54.7 Å². The fourth-order valence-corrected chi connectivity index (χ4v) is 4.52. The Morgan fingerprint density at radius 2 is 1.76 bits per heavy atom. The number of aromatic nitrogens is 1. The van der Waals surface area contributed by atoms with Crippen LogP contribution in [0.25, 0.3) is 11.1 Å². The van der Waals surface area contributed by atoms with Crippen molar-refractivity contribution in [3.05, 3.63) is 71.7 Å². The molecule has 41 heavy (non-hydrogen) atoms. The lowest BCUT2D eigenvalue weighted by atomic mass is 10.0. The first-order valence-corrected chi connectivity index (χ1v) is 13.3. The van der Waals surface area contributed by atoms with E-state index in [9.17, 15) is 27.2 Å². The van der Waals surface area contributed by atoms with Gasteiger partial charge in [0.1, 0.15) is 5.82 Å². The van der Waals surface area contributed by atoms with Crippen LogP contribution in [0.2, 0.25) is 0 Å². The molecule has 0 unspecified atom stereocenters. The summed E-state index contributed by atoms with van der Waals surface area (Å²) in [7, 11) is 0. The average Bonchev–Trinajstić information content (AvgIpc) is 3.80. The number of benzene rings is 2. The van der Waals surface area contributed by atoms with Crippen LogP contribution in [0.5, 0.6) is 5.75 Å². The summed E-state index contributed by atoms with van der Waals surface area (Å²) in [5.41, 5.74) is 0.397. The number of halogens is 4. The molecule has 3 N–H and O–H groups in total. The first kappa shape index (κ1) is 28.5. The van der Waals surface area contributed by atoms with E-state index < -0.39 is 30.1 Å². The van der Waals surface area contributed by atoms with Gasteiger partial charge >= 0.3 is 6.18 Å². The van der Waals surface area contributed by atoms with Crippen LogP contribution in [0.3, 0.4) is 0 Å². The molecule has 0 atom stereocenters. The van der Waals surface area contributed by atoms with Crippen molar-refractivity contribution in [2.45, 2.75) is 25.6 Å². The summed E-state index contributed by atoms with van der Waals surface area (Å²) < 4.78 is 61.3. The highest BCUT2D eigenvalue weighted by molar-refractivity contribution is 5.93. The molecule has 0 radical (unpaired) electrons. The molecule has 0 spiro atoms. The quantitative estimate of drug-likeness (QED) is 0.323. The van der Waals surface area contributed by atoms with Gasteiger partial charge in [0.25, 0.3) is 5.91 Å². The summed E-state index contributed by atoms with van der Waals surface area (Å²) in [6, 6.07) is 11.2. The number of hydrogen-bond acceptors (Lipinski definition) is 6. The van der Waals surface area contributed by atoms with Crippen molar-refractivity contribution < 1.29 is 31.9 Å². The maximum atomic E-state index is 14.7. The van der Waals surface area contributed by atoms with Gasteiger partial charge in [-0.2, -0.15) is 13.2 Å². The van der Waals surface area contributed by atoms with Crippen LogP contribution in [0.1, 0.15) is 24.0 Å². The number of piperazine rings is 1. The maximum absolute atomic E-state index is 14.7. The van der Waals surface area contributed by atoms with Gasteiger partial charge < -0.3 is 20.7 Å². The third-order valence-electron chi connectivity index (χ3n) is 6.89. The molecule has 2 amide bonds. The summed E-state index contributed by atoms with van der Waals surface area (Å²) in [6.45, 7) is 2.27. The van der Waals surface area contributed by atoms with Gasteiger partial charge in [-0.1, -0.05) is 12.1 Å². The summed E-state index contributed by atoms with van der Waals surface area (Å²) in [4.78, 5) is 30.4. The number of ether oxygens (including phenoxy) is 1. The Morgan fingerprint density at radius 1 is 1.00 bits per heavy atom. The van der Waals surface area contributed by atoms with Crippen molar-refractivity contribution in [2.24, 2.45) is 5.92 Å². The lowest BCUT2D eigenvalue weighted by Gasteiger charge is -2.28. The lowest BCUT2D eigenvalue weighted by Crippen LogP contribution is -2.43. The second-order valence-electron chi connectivity index (χ2n) is 10.1. The Hall–Kier alpha value is -4.03. The molecule has 1 saturated heterocycles. The average molecular weight is 572 g/mol. The minimum absolute atomic E-state index is 0.0323. The molecule has 12 heteroatoms. The van der Waals surface area contributed by atoms with Crippen LogP contribution in [0.4, 0.5) is 29.1 Å². The van der Waals surface area contributed by atoms with Gasteiger partial charge in [0, 0.05) is 56.1 Å². The van der Waals surface area contributed by atoms with E-state index in [1.165, 1.54) is 30.5 Å². The van der Waals surface area contributed by atoms with Crippen molar-refractivity contribution in [1.82, 2.24) is 15.2 Å². The third-order valence-corrected chi connectivity index (χ3v) is 6.89. The molecule has 1 aliphatic carbocycles. The van der Waals surface area contributed by atoms with E-state index in [4.69, 9.17) is 4.74 Å². The van der Waals surface area contributed by atoms with Gasteiger partial charge in [0.05, 0.1) is 5.56 Å². The Labute approximate surface area is 234 Å². The SMILES string of the molecule is O=C(COc1ccc(-c2ccc(NC(=O)C3CC3)nc2)cc1F)Nc1ccc(CN2CCNCC2)c(C(F)(F)F)c1. The topological polar surface area (TPSA) is 95.6 Å². The molecule has 2 heterocycles. The minimum Gasteiger partial charge on any atom is -0.481 e. The number of amides is 2. The smallest absolute Gasteiger partial charge is 0.416 e. The zero-order valence-corrected chi connectivity index (χ0v) is 22.1. The Morgan fingerprint density at radius 3 is 2.41 bits per heavy atom. The zero-order chi connectivity index (χ0) is 29.0. The van der Waals surface area contributed by atoms with Crippen LogP contribution >= 0.6 is 0 Å². The summed E-state index contributed by atoms with van der Waals surface area (Å²) in [6.07, 6.45) is -1.33. The van der Waals surface area contributed by atoms with E-state index in [1.54, 1.807) is 18.2 Å². The number of nitrogens with one attached hydrogen (secondary N) is 3. The summed E-state index contributed by atoms with van der Waals surface area (Å²) in [5, 5.41) is 8.29. The van der Waals surface area contributed by atoms with Crippen molar-refractivity contribution in [1.29, 1.82) is 0 Å². The fourth-order valence-electron chi connectivity index (χ4n) is 4.52. The molecule has 1 aromatic heterocycles. The number of hydrogen-bond donors (Lipinski definition) is 3. The number of anilines is 2. The highest BCUT2D eigenvalue weighted by atomic mass is 19.4. The molecule has 0 bridgehead atoms. The van der Waals surface area contributed by atoms with Gasteiger partial charge in [-0.25, -0.2) is 9.37 Å². The number of rotatable bonds is 9. The van der Waals surface area contributed by atoms with E-state index >= 15 is 0 Å². The number of nitrogens with zero attached hydrogens (tertiary/aromatic N) is 2. The molecular weight excluding hydrogens is 542 g/mol. The van der Waals surface area contributed by atoms with Gasteiger partial charge in [-0.05, 0) is 60.4 Å². The Kier molecular flexibility index (Phi) is 8.50. The molecule has 216 valence electrons. The second-order valence-corrected chi connectivity index (χ2v) is 10.1. The second kappa shape index (κ2) is 12.2. The van der Waals surface area contributed by atoms with E-state index in [2.05, 4.69) is 20.9 Å². The molecule has 3 aromatic rings. The Balaban J connectivity index is 1.17. The third kappa shape index (κ3) is 7.59.